The first kappa shape index (κ1) is 76.4. The highest BCUT2D eigenvalue weighted by atomic mass is 15.2. The molecule has 6 aromatic heterocycles. The first-order valence-electron chi connectivity index (χ1n) is 44.6. The molecule has 24 aromatic rings. The van der Waals surface area contributed by atoms with Gasteiger partial charge in [-0.15, -0.1) is 0 Å². The Labute approximate surface area is 761 Å². The van der Waals surface area contributed by atoms with Gasteiger partial charge in [0.05, 0.1) is 95.3 Å². The predicted octanol–water partition coefficient (Wildman–Crippen LogP) is 31.1. The molecule has 0 unspecified atom stereocenters. The van der Waals surface area contributed by atoms with Crippen LogP contribution in [0.5, 0.6) is 0 Å². The molecule has 0 bridgehead atoms. The van der Waals surface area contributed by atoms with E-state index in [0.29, 0.717) is 0 Å². The van der Waals surface area contributed by atoms with E-state index in [-0.39, 0.29) is 0 Å². The maximum atomic E-state index is 5.27. The summed E-state index contributed by atoms with van der Waals surface area (Å²) in [5.74, 6) is 2.74. The Bertz CT molecular complexity index is 7810. The molecule has 618 valence electrons. The lowest BCUT2D eigenvalue weighted by atomic mass is 9.89. The van der Waals surface area contributed by atoms with Gasteiger partial charge in [-0.1, -0.05) is 291 Å². The second-order valence-electron chi connectivity index (χ2n) is 33.3. The van der Waals surface area contributed by atoms with Crippen molar-refractivity contribution in [2.75, 3.05) is 14.7 Å². The Morgan fingerprint density at radius 3 is 0.985 bits per heavy atom. The van der Waals surface area contributed by atoms with Crippen LogP contribution in [0.4, 0.5) is 51.2 Å². The minimum Gasteiger partial charge on any atom is -0.309 e. The Hall–Kier alpha value is -18.0. The standard InChI is InChI=1S/3C40H26N4/c1-3-13-27(14-4-1)34-26-28-15-12-24-37-38(28)39(41-34)32-20-7-9-22-35(32)43(37)31-19-11-16-29(25-31)40-42-33-21-8-10-23-36(33)44(40)30-17-5-2-6-18-30;1-3-13-27(14-4-1)35-26-32-31-19-7-9-22-36(31)43(38-24-12-21-34(41-35)39(32)38)30-18-11-15-28(25-30)40-42-33-20-8-10-23-37(33)44(40)29-16-5-2-6-17-29;1-3-12-27(13-4-1)29-25-33-32-18-7-9-20-36(32)43(38-22-23-41-35(26-29)39(33)38)31-17-11-14-28(24-31)40-42-34-19-8-10-21-37(34)44(40)30-15-5-2-6-16-30/h3*1-26H. The van der Waals surface area contributed by atoms with E-state index in [1.807, 2.05) is 54.7 Å². The smallest absolute Gasteiger partial charge is 0.145 e. The lowest BCUT2D eigenvalue weighted by Crippen LogP contribution is -2.15. The van der Waals surface area contributed by atoms with Crippen LogP contribution in [0.1, 0.15) is 0 Å². The van der Waals surface area contributed by atoms with Crippen LogP contribution in [0.15, 0.2) is 473 Å². The van der Waals surface area contributed by atoms with Crippen molar-refractivity contribution in [3.8, 4) is 118 Å². The topological polar surface area (TPSA) is 102 Å². The third kappa shape index (κ3) is 13.1. The summed E-state index contributed by atoms with van der Waals surface area (Å²) < 4.78 is 6.76. The highest BCUT2D eigenvalue weighted by Gasteiger charge is 2.33. The van der Waals surface area contributed by atoms with Crippen LogP contribution >= 0.6 is 0 Å². The fourth-order valence-corrected chi connectivity index (χ4v) is 19.7. The van der Waals surface area contributed by atoms with Crippen LogP contribution < -0.4 is 14.7 Å². The largest absolute Gasteiger partial charge is 0.309 e. The van der Waals surface area contributed by atoms with Crippen molar-refractivity contribution in [1.29, 1.82) is 0 Å². The third-order valence-electron chi connectivity index (χ3n) is 25.5. The molecule has 0 saturated carbocycles. The van der Waals surface area contributed by atoms with Gasteiger partial charge < -0.3 is 14.7 Å². The molecular weight excluding hydrogens is 1610 g/mol. The van der Waals surface area contributed by atoms with Gasteiger partial charge in [0.1, 0.15) is 17.5 Å². The molecule has 27 rings (SSSR count). The van der Waals surface area contributed by atoms with Crippen molar-refractivity contribution in [2.45, 2.75) is 0 Å². The number of rotatable bonds is 12. The van der Waals surface area contributed by atoms with Gasteiger partial charge in [0.25, 0.3) is 0 Å². The van der Waals surface area contributed by atoms with Crippen LogP contribution in [0.2, 0.25) is 0 Å². The van der Waals surface area contributed by atoms with Gasteiger partial charge in [-0.2, -0.15) is 0 Å². The van der Waals surface area contributed by atoms with Crippen LogP contribution in [0.25, 0.3) is 184 Å². The normalized spacial score (nSPS) is 12.0. The molecule has 3 aliphatic heterocycles. The van der Waals surface area contributed by atoms with Gasteiger partial charge >= 0.3 is 0 Å². The lowest BCUT2D eigenvalue weighted by Gasteiger charge is -2.33. The van der Waals surface area contributed by atoms with Crippen molar-refractivity contribution in [2.24, 2.45) is 0 Å². The molecule has 0 spiro atoms. The molecule has 0 fully saturated rings. The van der Waals surface area contributed by atoms with Crippen molar-refractivity contribution >= 4 is 117 Å². The predicted molar refractivity (Wildman–Crippen MR) is 543 cm³/mol. The van der Waals surface area contributed by atoms with Crippen molar-refractivity contribution in [1.82, 2.24) is 43.6 Å². The number of hydrogen-bond donors (Lipinski definition) is 0. The molecule has 12 nitrogen and oxygen atoms in total. The number of hydrogen-bond acceptors (Lipinski definition) is 9. The first-order chi connectivity index (χ1) is 65.5. The van der Waals surface area contributed by atoms with Gasteiger partial charge in [0.15, 0.2) is 0 Å². The summed E-state index contributed by atoms with van der Waals surface area (Å²) >= 11 is 0. The number of anilines is 9. The number of imidazole rings is 3. The molecule has 0 amide bonds. The molecule has 12 heteroatoms. The average Bonchev–Trinajstić information content (AvgIpc) is 0.810. The average molecular weight is 1690 g/mol. The van der Waals surface area contributed by atoms with Crippen molar-refractivity contribution < 1.29 is 0 Å². The van der Waals surface area contributed by atoms with Gasteiger partial charge in [-0.25, -0.2) is 24.9 Å². The number of pyridine rings is 3. The van der Waals surface area contributed by atoms with Crippen LogP contribution in [-0.4, -0.2) is 43.6 Å². The molecule has 0 radical (unpaired) electrons. The number of nitrogens with zero attached hydrogens (tertiary/aromatic N) is 12. The number of aromatic nitrogens is 9. The number of fused-ring (bicyclic) bond motifs is 9. The Morgan fingerprint density at radius 2 is 0.508 bits per heavy atom. The zero-order valence-electron chi connectivity index (χ0n) is 71.4. The lowest BCUT2D eigenvalue weighted by molar-refractivity contribution is 1.10. The Morgan fingerprint density at radius 1 is 0.174 bits per heavy atom. The molecular formula is C120H78N12. The third-order valence-corrected chi connectivity index (χ3v) is 25.5. The molecule has 3 aliphatic rings. The maximum absolute atomic E-state index is 5.27. The van der Waals surface area contributed by atoms with Gasteiger partial charge in [0, 0.05) is 101 Å². The highest BCUT2D eigenvalue weighted by Crippen LogP contribution is 2.56. The summed E-state index contributed by atoms with van der Waals surface area (Å²) in [7, 11) is 0. The van der Waals surface area contributed by atoms with E-state index in [4.69, 9.17) is 29.9 Å². The van der Waals surface area contributed by atoms with E-state index in [1.165, 1.54) is 38.8 Å². The molecule has 0 saturated heterocycles. The van der Waals surface area contributed by atoms with E-state index in [1.54, 1.807) is 0 Å². The Balaban J connectivity index is 0.000000106. The summed E-state index contributed by atoms with van der Waals surface area (Å²) in [5.41, 5.74) is 38.0. The van der Waals surface area contributed by atoms with Gasteiger partial charge in [0.2, 0.25) is 0 Å². The Kier molecular flexibility index (Phi) is 18.6. The van der Waals surface area contributed by atoms with E-state index < -0.39 is 0 Å². The van der Waals surface area contributed by atoms with Crippen LogP contribution in [-0.2, 0) is 0 Å². The van der Waals surface area contributed by atoms with E-state index >= 15 is 0 Å². The zero-order valence-corrected chi connectivity index (χ0v) is 71.4. The zero-order chi connectivity index (χ0) is 87.1. The van der Waals surface area contributed by atoms with Crippen molar-refractivity contribution in [3.05, 3.63) is 473 Å². The molecule has 18 aromatic carbocycles. The molecule has 0 N–H and O–H groups in total. The van der Waals surface area contributed by atoms with E-state index in [0.717, 1.165) is 196 Å². The number of para-hydroxylation sites is 12. The van der Waals surface area contributed by atoms with Crippen molar-refractivity contribution in [3.63, 3.8) is 0 Å². The highest BCUT2D eigenvalue weighted by molar-refractivity contribution is 6.17. The summed E-state index contributed by atoms with van der Waals surface area (Å²) in [6.07, 6.45) is 1.93. The maximum Gasteiger partial charge on any atom is 0.145 e. The minimum atomic E-state index is 0.914. The summed E-state index contributed by atoms with van der Waals surface area (Å²) in [5, 5.41) is 4.65. The minimum absolute atomic E-state index is 0.914. The summed E-state index contributed by atoms with van der Waals surface area (Å²) in [6, 6.07) is 164. The van der Waals surface area contributed by atoms with Gasteiger partial charge in [-0.3, -0.25) is 18.7 Å². The molecule has 9 heterocycles. The fraction of sp³-hybridized carbons (Fsp3) is 0. The first-order valence-corrected chi connectivity index (χ1v) is 44.6. The van der Waals surface area contributed by atoms with Crippen LogP contribution in [0, 0.1) is 0 Å². The second-order valence-corrected chi connectivity index (χ2v) is 33.3. The SMILES string of the molecule is c1ccc(-c2cc3c4c(cccc4n2)N(c2cccc(-c4nc5ccccc5n4-c4ccccc4)c2)c2ccccc2-3)cc1.c1ccc(-c2cc3c4c(ccnc4c2)N(c2cccc(-c4nc5ccccc5n4-c4ccccc4)c2)c2ccccc2-3)cc1.c1ccc(-c2cc3cccc4c3c(n2)-c2ccccc2N4c2cccc(-c3nc4ccccc4n3-c3ccccc3)c2)cc1. The quantitative estimate of drug-likeness (QED) is 0.118. The van der Waals surface area contributed by atoms with E-state index in [2.05, 4.69) is 447 Å². The van der Waals surface area contributed by atoms with E-state index in [9.17, 15) is 0 Å². The monoisotopic (exact) mass is 1690 g/mol. The summed E-state index contributed by atoms with van der Waals surface area (Å²) in [6.45, 7) is 0. The van der Waals surface area contributed by atoms with Crippen LogP contribution in [0.3, 0.4) is 0 Å². The fourth-order valence-electron chi connectivity index (χ4n) is 19.7. The number of benzene rings is 18. The summed E-state index contributed by atoms with van der Waals surface area (Å²) in [4.78, 5) is 37.8. The second kappa shape index (κ2) is 32.1. The van der Waals surface area contributed by atoms with Gasteiger partial charge in [-0.05, 0) is 204 Å². The molecule has 0 atom stereocenters. The molecule has 0 aliphatic carbocycles. The molecule has 132 heavy (non-hydrogen) atoms.